The smallest absolute Gasteiger partial charge is 0.253 e. The van der Waals surface area contributed by atoms with Crippen molar-refractivity contribution in [1.82, 2.24) is 4.31 Å². The molecule has 3 rings (SSSR count). The number of nitrogens with zero attached hydrogens (tertiary/aromatic N) is 1. The summed E-state index contributed by atoms with van der Waals surface area (Å²) in [6, 6.07) is 9.09. The zero-order valence-electron chi connectivity index (χ0n) is 12.6. The van der Waals surface area contributed by atoms with Gasteiger partial charge in [0.15, 0.2) is 0 Å². The van der Waals surface area contributed by atoms with Gasteiger partial charge < -0.3 is 4.42 Å². The molecule has 0 fully saturated rings. The Morgan fingerprint density at radius 3 is 2.65 bits per heavy atom. The van der Waals surface area contributed by atoms with Crippen LogP contribution in [0.5, 0.6) is 0 Å². The van der Waals surface area contributed by atoms with E-state index < -0.39 is 10.0 Å². The Labute approximate surface area is 144 Å². The maximum Gasteiger partial charge on any atom is 0.253 e. The molecule has 0 saturated carbocycles. The predicted octanol–water partition coefficient (Wildman–Crippen LogP) is 4.36. The molecule has 0 bridgehead atoms. The Hall–Kier alpha value is -1.41. The molecule has 122 valence electrons. The fraction of sp³-hybridized carbons (Fsp3) is 0.250. The van der Waals surface area contributed by atoms with E-state index in [2.05, 4.69) is 0 Å². The molecule has 0 saturated heterocycles. The quantitative estimate of drug-likeness (QED) is 0.623. The topological polar surface area (TPSA) is 50.5 Å². The van der Waals surface area contributed by atoms with Crippen LogP contribution in [-0.2, 0) is 29.5 Å². The molecule has 0 radical (unpaired) electrons. The lowest BCUT2D eigenvalue weighted by atomic mass is 10.3. The van der Waals surface area contributed by atoms with Gasteiger partial charge in [-0.3, -0.25) is 0 Å². The fourth-order valence-corrected chi connectivity index (χ4v) is 5.71. The van der Waals surface area contributed by atoms with Gasteiger partial charge in [-0.1, -0.05) is 6.92 Å². The van der Waals surface area contributed by atoms with Crippen molar-refractivity contribution in [3.63, 3.8) is 0 Å². The van der Waals surface area contributed by atoms with E-state index in [1.165, 1.54) is 15.6 Å². The van der Waals surface area contributed by atoms with Gasteiger partial charge in [0.1, 0.15) is 9.97 Å². The third kappa shape index (κ3) is 3.74. The summed E-state index contributed by atoms with van der Waals surface area (Å²) in [5.41, 5.74) is 0.984. The minimum atomic E-state index is -3.55. The number of rotatable bonds is 7. The number of furan rings is 1. The van der Waals surface area contributed by atoms with E-state index in [0.717, 1.165) is 16.9 Å². The SMILES string of the molecule is CCc1ccc(S(=O)(=O)N(Cc2ccsc2)Cc2ccco2)s1. The molecule has 0 spiro atoms. The van der Waals surface area contributed by atoms with Gasteiger partial charge in [-0.15, -0.1) is 11.3 Å². The highest BCUT2D eigenvalue weighted by Crippen LogP contribution is 2.28. The maximum absolute atomic E-state index is 13.0. The second-order valence-electron chi connectivity index (χ2n) is 5.06. The summed E-state index contributed by atoms with van der Waals surface area (Å²) in [6.07, 6.45) is 2.40. The van der Waals surface area contributed by atoms with Gasteiger partial charge in [-0.05, 0) is 53.1 Å². The highest BCUT2D eigenvalue weighted by Gasteiger charge is 2.27. The van der Waals surface area contributed by atoms with E-state index in [1.807, 2.05) is 29.8 Å². The van der Waals surface area contributed by atoms with Gasteiger partial charge in [0.2, 0.25) is 0 Å². The van der Waals surface area contributed by atoms with Gasteiger partial charge in [-0.2, -0.15) is 15.6 Å². The Balaban J connectivity index is 1.92. The molecule has 0 aliphatic heterocycles. The summed E-state index contributed by atoms with van der Waals surface area (Å²) in [5.74, 6) is 0.635. The Kier molecular flexibility index (Phi) is 5.01. The lowest BCUT2D eigenvalue weighted by Gasteiger charge is -2.20. The molecule has 7 heteroatoms. The number of hydrogen-bond donors (Lipinski definition) is 0. The molecule has 0 amide bonds. The van der Waals surface area contributed by atoms with Crippen LogP contribution in [0.3, 0.4) is 0 Å². The van der Waals surface area contributed by atoms with E-state index in [9.17, 15) is 8.42 Å². The molecule has 3 aromatic rings. The summed E-state index contributed by atoms with van der Waals surface area (Å²) in [7, 11) is -3.55. The standard InChI is InChI=1S/C16H17NO3S3/c1-2-15-5-6-16(22-15)23(18,19)17(10-13-7-9-21-12-13)11-14-4-3-8-20-14/h3-9,12H,2,10-11H2,1H3. The van der Waals surface area contributed by atoms with Crippen LogP contribution in [0.4, 0.5) is 0 Å². The lowest BCUT2D eigenvalue weighted by Crippen LogP contribution is -2.29. The van der Waals surface area contributed by atoms with Crippen LogP contribution in [0.15, 0.2) is 56.0 Å². The van der Waals surface area contributed by atoms with Crippen molar-refractivity contribution in [3.8, 4) is 0 Å². The average Bonchev–Trinajstić information content (AvgIpc) is 3.29. The molecule has 23 heavy (non-hydrogen) atoms. The highest BCUT2D eigenvalue weighted by atomic mass is 32.2. The van der Waals surface area contributed by atoms with Crippen molar-refractivity contribution in [2.45, 2.75) is 30.6 Å². The first kappa shape index (κ1) is 16.4. The van der Waals surface area contributed by atoms with Crippen molar-refractivity contribution in [1.29, 1.82) is 0 Å². The second-order valence-corrected chi connectivity index (χ2v) is 9.17. The molecule has 4 nitrogen and oxygen atoms in total. The van der Waals surface area contributed by atoms with Gasteiger partial charge in [0.05, 0.1) is 12.8 Å². The van der Waals surface area contributed by atoms with Crippen LogP contribution in [0.25, 0.3) is 0 Å². The molecule has 0 aliphatic rings. The predicted molar refractivity (Wildman–Crippen MR) is 93.2 cm³/mol. The van der Waals surface area contributed by atoms with Crippen molar-refractivity contribution < 1.29 is 12.8 Å². The highest BCUT2D eigenvalue weighted by molar-refractivity contribution is 7.91. The Morgan fingerprint density at radius 1 is 1.17 bits per heavy atom. The van der Waals surface area contributed by atoms with E-state index in [-0.39, 0.29) is 6.54 Å². The molecule has 3 aromatic heterocycles. The molecule has 0 N–H and O–H groups in total. The Bertz CT molecular complexity index is 797. The Morgan fingerprint density at radius 2 is 2.04 bits per heavy atom. The van der Waals surface area contributed by atoms with E-state index in [1.54, 1.807) is 35.8 Å². The maximum atomic E-state index is 13.0. The van der Waals surface area contributed by atoms with E-state index in [4.69, 9.17) is 4.42 Å². The summed E-state index contributed by atoms with van der Waals surface area (Å²) in [6.45, 7) is 2.59. The summed E-state index contributed by atoms with van der Waals surface area (Å²) >= 11 is 2.90. The average molecular weight is 368 g/mol. The van der Waals surface area contributed by atoms with Crippen LogP contribution >= 0.6 is 22.7 Å². The molecule has 0 aromatic carbocycles. The normalized spacial score (nSPS) is 12.1. The third-order valence-corrected chi connectivity index (χ3v) is 7.65. The molecule has 0 unspecified atom stereocenters. The van der Waals surface area contributed by atoms with Crippen molar-refractivity contribution >= 4 is 32.7 Å². The number of sulfonamides is 1. The van der Waals surface area contributed by atoms with E-state index in [0.29, 0.717) is 16.5 Å². The van der Waals surface area contributed by atoms with Gasteiger partial charge in [0.25, 0.3) is 10.0 Å². The van der Waals surface area contributed by atoms with E-state index >= 15 is 0 Å². The van der Waals surface area contributed by atoms with Gasteiger partial charge >= 0.3 is 0 Å². The van der Waals surface area contributed by atoms with Crippen molar-refractivity contribution in [2.24, 2.45) is 0 Å². The van der Waals surface area contributed by atoms with Crippen molar-refractivity contribution in [2.75, 3.05) is 0 Å². The molecule has 0 atom stereocenters. The first-order chi connectivity index (χ1) is 11.1. The summed E-state index contributed by atoms with van der Waals surface area (Å²) < 4.78 is 33.2. The summed E-state index contributed by atoms with van der Waals surface area (Å²) in [5, 5.41) is 3.92. The lowest BCUT2D eigenvalue weighted by molar-refractivity contribution is 0.359. The van der Waals surface area contributed by atoms with Crippen LogP contribution in [0, 0.1) is 0 Å². The largest absolute Gasteiger partial charge is 0.468 e. The number of aryl methyl sites for hydroxylation is 1. The summed E-state index contributed by atoms with van der Waals surface area (Å²) in [4.78, 5) is 1.07. The second kappa shape index (κ2) is 7.00. The molecule has 3 heterocycles. The van der Waals surface area contributed by atoms with Gasteiger partial charge in [-0.25, -0.2) is 8.42 Å². The zero-order chi connectivity index (χ0) is 16.3. The van der Waals surface area contributed by atoms with Crippen LogP contribution in [-0.4, -0.2) is 12.7 Å². The monoisotopic (exact) mass is 367 g/mol. The van der Waals surface area contributed by atoms with Gasteiger partial charge in [0, 0.05) is 11.4 Å². The first-order valence-corrected chi connectivity index (χ1v) is 10.4. The minimum absolute atomic E-state index is 0.227. The van der Waals surface area contributed by atoms with Crippen LogP contribution < -0.4 is 0 Å². The van der Waals surface area contributed by atoms with Crippen molar-refractivity contribution in [3.05, 3.63) is 63.6 Å². The minimum Gasteiger partial charge on any atom is -0.468 e. The number of thiophene rings is 2. The molecular formula is C16H17NO3S3. The van der Waals surface area contributed by atoms with Crippen LogP contribution in [0.2, 0.25) is 0 Å². The molecule has 0 aliphatic carbocycles. The first-order valence-electron chi connectivity index (χ1n) is 7.22. The van der Waals surface area contributed by atoms with Crippen LogP contribution in [0.1, 0.15) is 23.1 Å². The number of hydrogen-bond acceptors (Lipinski definition) is 5. The third-order valence-electron chi connectivity index (χ3n) is 3.43. The zero-order valence-corrected chi connectivity index (χ0v) is 15.1. The molecular weight excluding hydrogens is 350 g/mol. The fourth-order valence-electron chi connectivity index (χ4n) is 2.20.